The monoisotopic (exact) mass is 189 g/mol. The number of aromatic nitrogens is 1. The number of rotatable bonds is 3. The summed E-state index contributed by atoms with van der Waals surface area (Å²) in [5.74, 6) is 0.988. The zero-order valence-electron chi connectivity index (χ0n) is 7.07. The molecule has 0 bridgehead atoms. The maximum atomic E-state index is 11.1. The average Bonchev–Trinajstić information content (AvgIpc) is 2.35. The second-order valence-corrected chi connectivity index (χ2v) is 4.88. The lowest BCUT2D eigenvalue weighted by atomic mass is 10.6. The summed E-state index contributed by atoms with van der Waals surface area (Å²) in [4.78, 5) is 3.80. The summed E-state index contributed by atoms with van der Waals surface area (Å²) < 4.78 is 27.2. The van der Waals surface area contributed by atoms with Crippen molar-refractivity contribution in [1.29, 1.82) is 0 Å². The summed E-state index contributed by atoms with van der Waals surface area (Å²) in [6, 6.07) is 0. The molecule has 1 aromatic rings. The predicted molar refractivity (Wildman–Crippen MR) is 44.4 cm³/mol. The van der Waals surface area contributed by atoms with Crippen LogP contribution in [0.3, 0.4) is 0 Å². The summed E-state index contributed by atoms with van der Waals surface area (Å²) in [6.07, 6.45) is 1.45. The number of hydrogen-bond donors (Lipinski definition) is 0. The van der Waals surface area contributed by atoms with Gasteiger partial charge >= 0.3 is 0 Å². The first-order valence-electron chi connectivity index (χ1n) is 3.65. The predicted octanol–water partition coefficient (Wildman–Crippen LogP) is 0.918. The molecule has 0 saturated heterocycles. The largest absolute Gasteiger partial charge is 0.445 e. The minimum absolute atomic E-state index is 0.0513. The maximum Gasteiger partial charge on any atom is 0.191 e. The maximum absolute atomic E-state index is 11.1. The molecule has 0 aliphatic heterocycles. The van der Waals surface area contributed by atoms with E-state index in [-0.39, 0.29) is 11.5 Å². The van der Waals surface area contributed by atoms with Gasteiger partial charge in [0.05, 0.1) is 6.20 Å². The topological polar surface area (TPSA) is 60.2 Å². The van der Waals surface area contributed by atoms with Crippen LogP contribution in [0.2, 0.25) is 0 Å². The standard InChI is InChI=1S/C7H11NO3S/c1-3-12(9,10)5-7-4-8-6(2)11-7/h4H,3,5H2,1-2H3. The minimum atomic E-state index is -2.99. The van der Waals surface area contributed by atoms with Crippen LogP contribution < -0.4 is 0 Å². The van der Waals surface area contributed by atoms with Crippen LogP contribution in [-0.4, -0.2) is 19.2 Å². The fourth-order valence-electron chi connectivity index (χ4n) is 0.791. The van der Waals surface area contributed by atoms with Crippen molar-refractivity contribution in [1.82, 2.24) is 4.98 Å². The number of nitrogens with zero attached hydrogens (tertiary/aromatic N) is 1. The lowest BCUT2D eigenvalue weighted by Crippen LogP contribution is -2.05. The normalized spacial score (nSPS) is 11.8. The van der Waals surface area contributed by atoms with Gasteiger partial charge in [0.15, 0.2) is 15.7 Å². The zero-order valence-corrected chi connectivity index (χ0v) is 7.89. The molecule has 5 heteroatoms. The molecule has 0 aliphatic carbocycles. The van der Waals surface area contributed by atoms with E-state index < -0.39 is 9.84 Å². The molecule has 12 heavy (non-hydrogen) atoms. The fourth-order valence-corrected chi connectivity index (χ4v) is 1.56. The molecular weight excluding hydrogens is 178 g/mol. The highest BCUT2D eigenvalue weighted by atomic mass is 32.2. The van der Waals surface area contributed by atoms with Crippen molar-refractivity contribution in [2.24, 2.45) is 0 Å². The van der Waals surface area contributed by atoms with Gasteiger partial charge in [-0.1, -0.05) is 6.92 Å². The third kappa shape index (κ3) is 2.34. The third-order valence-electron chi connectivity index (χ3n) is 1.47. The van der Waals surface area contributed by atoms with E-state index in [9.17, 15) is 8.42 Å². The Morgan fingerprint density at radius 1 is 1.58 bits per heavy atom. The van der Waals surface area contributed by atoms with Crippen LogP contribution in [0.15, 0.2) is 10.6 Å². The van der Waals surface area contributed by atoms with E-state index >= 15 is 0 Å². The van der Waals surface area contributed by atoms with Crippen LogP contribution in [0.25, 0.3) is 0 Å². The van der Waals surface area contributed by atoms with Gasteiger partial charge in [-0.25, -0.2) is 13.4 Å². The molecule has 1 aromatic heterocycles. The zero-order chi connectivity index (χ0) is 9.19. The minimum Gasteiger partial charge on any atom is -0.445 e. The van der Waals surface area contributed by atoms with Crippen molar-refractivity contribution in [3.8, 4) is 0 Å². The number of hydrogen-bond acceptors (Lipinski definition) is 4. The van der Waals surface area contributed by atoms with E-state index in [1.165, 1.54) is 6.20 Å². The van der Waals surface area contributed by atoms with E-state index in [1.807, 2.05) is 0 Å². The Bertz CT molecular complexity index is 352. The molecule has 0 saturated carbocycles. The Labute approximate surface area is 71.5 Å². The number of oxazole rings is 1. The molecule has 0 atom stereocenters. The summed E-state index contributed by atoms with van der Waals surface area (Å²) >= 11 is 0. The highest BCUT2D eigenvalue weighted by Gasteiger charge is 2.11. The summed E-state index contributed by atoms with van der Waals surface area (Å²) in [5.41, 5.74) is 0. The van der Waals surface area contributed by atoms with Gasteiger partial charge < -0.3 is 4.42 Å². The van der Waals surface area contributed by atoms with E-state index in [0.717, 1.165) is 0 Å². The molecule has 1 rings (SSSR count). The third-order valence-corrected chi connectivity index (χ3v) is 3.08. The SMILES string of the molecule is CCS(=O)(=O)Cc1cnc(C)o1. The van der Waals surface area contributed by atoms with Gasteiger partial charge in [-0.15, -0.1) is 0 Å². The molecule has 0 aromatic carbocycles. The van der Waals surface area contributed by atoms with Crippen molar-refractivity contribution in [2.75, 3.05) is 5.75 Å². The molecule has 0 aliphatic rings. The molecule has 0 spiro atoms. The number of aryl methyl sites for hydroxylation is 1. The molecule has 0 fully saturated rings. The van der Waals surface area contributed by atoms with Gasteiger partial charge in [-0.3, -0.25) is 0 Å². The smallest absolute Gasteiger partial charge is 0.191 e. The van der Waals surface area contributed by atoms with E-state index in [0.29, 0.717) is 11.7 Å². The van der Waals surface area contributed by atoms with Crippen molar-refractivity contribution in [3.63, 3.8) is 0 Å². The summed E-state index contributed by atoms with van der Waals surface area (Å²) in [6.45, 7) is 3.29. The van der Waals surface area contributed by atoms with Crippen molar-refractivity contribution >= 4 is 9.84 Å². The lowest BCUT2D eigenvalue weighted by Gasteiger charge is -1.95. The quantitative estimate of drug-likeness (QED) is 0.709. The van der Waals surface area contributed by atoms with Crippen LogP contribution >= 0.6 is 0 Å². The van der Waals surface area contributed by atoms with Gasteiger partial charge in [0.2, 0.25) is 0 Å². The van der Waals surface area contributed by atoms with E-state index in [2.05, 4.69) is 4.98 Å². The lowest BCUT2D eigenvalue weighted by molar-refractivity contribution is 0.486. The molecule has 68 valence electrons. The van der Waals surface area contributed by atoms with Gasteiger partial charge in [0.25, 0.3) is 0 Å². The molecule has 0 amide bonds. The molecule has 4 nitrogen and oxygen atoms in total. The van der Waals surface area contributed by atoms with Gasteiger partial charge in [-0.05, 0) is 0 Å². The van der Waals surface area contributed by atoms with Gasteiger partial charge in [0, 0.05) is 12.7 Å². The van der Waals surface area contributed by atoms with Crippen LogP contribution in [-0.2, 0) is 15.6 Å². The molecular formula is C7H11NO3S. The highest BCUT2D eigenvalue weighted by Crippen LogP contribution is 2.07. The van der Waals surface area contributed by atoms with Crippen molar-refractivity contribution in [2.45, 2.75) is 19.6 Å². The molecule has 0 N–H and O–H groups in total. The van der Waals surface area contributed by atoms with E-state index in [1.54, 1.807) is 13.8 Å². The average molecular weight is 189 g/mol. The Balaban J connectivity index is 2.77. The van der Waals surface area contributed by atoms with Crippen LogP contribution in [0, 0.1) is 6.92 Å². The van der Waals surface area contributed by atoms with Gasteiger partial charge in [0.1, 0.15) is 11.5 Å². The van der Waals surface area contributed by atoms with Gasteiger partial charge in [-0.2, -0.15) is 0 Å². The molecule has 0 radical (unpaired) electrons. The second kappa shape index (κ2) is 3.26. The van der Waals surface area contributed by atoms with Crippen molar-refractivity contribution in [3.05, 3.63) is 17.8 Å². The first kappa shape index (κ1) is 9.25. The Morgan fingerprint density at radius 2 is 2.25 bits per heavy atom. The molecule has 0 unspecified atom stereocenters. The van der Waals surface area contributed by atoms with Crippen LogP contribution in [0.4, 0.5) is 0 Å². The van der Waals surface area contributed by atoms with Crippen LogP contribution in [0.5, 0.6) is 0 Å². The Morgan fingerprint density at radius 3 is 2.67 bits per heavy atom. The molecule has 1 heterocycles. The second-order valence-electron chi connectivity index (χ2n) is 2.52. The first-order valence-corrected chi connectivity index (χ1v) is 5.47. The summed E-state index contributed by atoms with van der Waals surface area (Å²) in [5, 5.41) is 0. The summed E-state index contributed by atoms with van der Waals surface area (Å²) in [7, 11) is -2.99. The first-order chi connectivity index (χ1) is 5.53. The highest BCUT2D eigenvalue weighted by molar-refractivity contribution is 7.90. The number of sulfone groups is 1. The van der Waals surface area contributed by atoms with E-state index in [4.69, 9.17) is 4.42 Å². The fraction of sp³-hybridized carbons (Fsp3) is 0.571. The Kier molecular flexibility index (Phi) is 2.52. The van der Waals surface area contributed by atoms with Crippen LogP contribution in [0.1, 0.15) is 18.6 Å². The Hall–Kier alpha value is -0.840. The van der Waals surface area contributed by atoms with Crippen molar-refractivity contribution < 1.29 is 12.8 Å².